The van der Waals surface area contributed by atoms with Crippen molar-refractivity contribution in [2.75, 3.05) is 12.4 Å². The van der Waals surface area contributed by atoms with Crippen molar-refractivity contribution >= 4 is 16.7 Å². The molecule has 0 amide bonds. The first kappa shape index (κ1) is 20.7. The zero-order valence-electron chi connectivity index (χ0n) is 17.7. The molecule has 2 aromatic heterocycles. The summed E-state index contributed by atoms with van der Waals surface area (Å²) in [5, 5.41) is 4.09. The van der Waals surface area contributed by atoms with Gasteiger partial charge in [-0.3, -0.25) is 4.98 Å². The lowest BCUT2D eigenvalue weighted by Crippen LogP contribution is -2.27. The molecular weight excluding hydrogens is 398 g/mol. The standard InChI is InChI=1S/C24H22F2N4O/c1-24(2,3)30-23-19-10-16(15-8-17(25)12-18(26)9-15)11-20(31-4)21(19)28-22(29-23)14-6-5-7-27-13-14/h5-13H,1-4H3,(H,28,29,30). The number of ether oxygens (including phenoxy) is 1. The van der Waals surface area contributed by atoms with E-state index < -0.39 is 11.6 Å². The number of methoxy groups -OCH3 is 1. The fourth-order valence-corrected chi connectivity index (χ4v) is 3.32. The Morgan fingerprint density at radius 3 is 2.23 bits per heavy atom. The molecule has 0 radical (unpaired) electrons. The second-order valence-corrected chi connectivity index (χ2v) is 8.25. The zero-order chi connectivity index (χ0) is 22.2. The van der Waals surface area contributed by atoms with Crippen LogP contribution in [0.2, 0.25) is 0 Å². The number of hydrogen-bond acceptors (Lipinski definition) is 5. The number of aromatic nitrogens is 3. The molecule has 7 heteroatoms. The Morgan fingerprint density at radius 2 is 1.61 bits per heavy atom. The molecule has 0 bridgehead atoms. The van der Waals surface area contributed by atoms with Crippen molar-refractivity contribution in [3.63, 3.8) is 0 Å². The lowest BCUT2D eigenvalue weighted by molar-refractivity contribution is 0.419. The summed E-state index contributed by atoms with van der Waals surface area (Å²) in [7, 11) is 1.54. The van der Waals surface area contributed by atoms with E-state index in [1.54, 1.807) is 18.5 Å². The van der Waals surface area contributed by atoms with Gasteiger partial charge in [0.2, 0.25) is 0 Å². The normalized spacial score (nSPS) is 11.5. The summed E-state index contributed by atoms with van der Waals surface area (Å²) in [6.07, 6.45) is 3.38. The van der Waals surface area contributed by atoms with Gasteiger partial charge in [0.1, 0.15) is 28.7 Å². The molecule has 4 aromatic rings. The molecule has 31 heavy (non-hydrogen) atoms. The van der Waals surface area contributed by atoms with Gasteiger partial charge in [-0.25, -0.2) is 18.7 Å². The van der Waals surface area contributed by atoms with Crippen LogP contribution in [0.1, 0.15) is 20.8 Å². The molecule has 0 unspecified atom stereocenters. The number of hydrogen-bond donors (Lipinski definition) is 1. The lowest BCUT2D eigenvalue weighted by Gasteiger charge is -2.23. The van der Waals surface area contributed by atoms with Gasteiger partial charge in [0, 0.05) is 34.9 Å². The van der Waals surface area contributed by atoms with E-state index >= 15 is 0 Å². The Kier molecular flexibility index (Phi) is 5.27. The topological polar surface area (TPSA) is 59.9 Å². The van der Waals surface area contributed by atoms with E-state index in [2.05, 4.69) is 10.3 Å². The Hall–Kier alpha value is -3.61. The number of rotatable bonds is 4. The van der Waals surface area contributed by atoms with Crippen LogP contribution in [0.15, 0.2) is 54.9 Å². The van der Waals surface area contributed by atoms with Crippen LogP contribution in [0.25, 0.3) is 33.4 Å². The molecule has 158 valence electrons. The number of pyridine rings is 1. The van der Waals surface area contributed by atoms with Gasteiger partial charge < -0.3 is 10.1 Å². The molecule has 2 heterocycles. The van der Waals surface area contributed by atoms with E-state index in [0.717, 1.165) is 11.6 Å². The minimum Gasteiger partial charge on any atom is -0.494 e. The molecule has 5 nitrogen and oxygen atoms in total. The van der Waals surface area contributed by atoms with Gasteiger partial charge in [-0.05, 0) is 68.3 Å². The Balaban J connectivity index is 2.01. The fourth-order valence-electron chi connectivity index (χ4n) is 3.32. The molecule has 0 aliphatic rings. The van der Waals surface area contributed by atoms with Crippen molar-refractivity contribution in [1.82, 2.24) is 15.0 Å². The number of nitrogens with zero attached hydrogens (tertiary/aromatic N) is 3. The van der Waals surface area contributed by atoms with Crippen molar-refractivity contribution in [2.45, 2.75) is 26.3 Å². The number of benzene rings is 2. The lowest BCUT2D eigenvalue weighted by atomic mass is 10.0. The van der Waals surface area contributed by atoms with E-state index in [1.165, 1.54) is 19.2 Å². The summed E-state index contributed by atoms with van der Waals surface area (Å²) in [5.74, 6) is 0.265. The summed E-state index contributed by atoms with van der Waals surface area (Å²) in [6.45, 7) is 6.06. The predicted octanol–water partition coefficient (Wildman–Crippen LogP) is 5.86. The van der Waals surface area contributed by atoms with Crippen molar-refractivity contribution < 1.29 is 13.5 Å². The predicted molar refractivity (Wildman–Crippen MR) is 118 cm³/mol. The monoisotopic (exact) mass is 420 g/mol. The highest BCUT2D eigenvalue weighted by Crippen LogP contribution is 2.37. The average molecular weight is 420 g/mol. The van der Waals surface area contributed by atoms with Crippen LogP contribution in [0.5, 0.6) is 5.75 Å². The molecule has 2 aromatic carbocycles. The van der Waals surface area contributed by atoms with Crippen LogP contribution in [-0.2, 0) is 0 Å². The third-order valence-corrected chi connectivity index (χ3v) is 4.59. The van der Waals surface area contributed by atoms with Gasteiger partial charge >= 0.3 is 0 Å². The smallest absolute Gasteiger partial charge is 0.163 e. The molecule has 0 spiro atoms. The van der Waals surface area contributed by atoms with E-state index in [4.69, 9.17) is 14.7 Å². The van der Waals surface area contributed by atoms with Crippen molar-refractivity contribution in [3.8, 4) is 28.3 Å². The first-order valence-electron chi connectivity index (χ1n) is 9.78. The van der Waals surface area contributed by atoms with Gasteiger partial charge in [0.25, 0.3) is 0 Å². The quantitative estimate of drug-likeness (QED) is 0.448. The summed E-state index contributed by atoms with van der Waals surface area (Å²) >= 11 is 0. The fraction of sp³-hybridized carbons (Fsp3) is 0.208. The minimum atomic E-state index is -0.648. The summed E-state index contributed by atoms with van der Waals surface area (Å²) in [5.41, 5.74) is 2.05. The van der Waals surface area contributed by atoms with Crippen LogP contribution in [0.3, 0.4) is 0 Å². The molecule has 0 aliphatic carbocycles. The van der Waals surface area contributed by atoms with E-state index in [9.17, 15) is 8.78 Å². The SMILES string of the molecule is COc1cc(-c2cc(F)cc(F)c2)cc2c(NC(C)(C)C)nc(-c3cccnc3)nc12. The van der Waals surface area contributed by atoms with E-state index in [1.807, 2.05) is 39.0 Å². The molecule has 4 rings (SSSR count). The van der Waals surface area contributed by atoms with Gasteiger partial charge in [0.15, 0.2) is 5.82 Å². The summed E-state index contributed by atoms with van der Waals surface area (Å²) in [4.78, 5) is 13.6. The van der Waals surface area contributed by atoms with Gasteiger partial charge in [-0.1, -0.05) is 0 Å². The number of fused-ring (bicyclic) bond motifs is 1. The highest BCUT2D eigenvalue weighted by Gasteiger charge is 2.19. The molecule has 0 aliphatic heterocycles. The third-order valence-electron chi connectivity index (χ3n) is 4.59. The molecule has 0 atom stereocenters. The molecule has 0 fully saturated rings. The van der Waals surface area contributed by atoms with E-state index in [0.29, 0.717) is 39.4 Å². The molecular formula is C24H22F2N4O. The first-order chi connectivity index (χ1) is 14.7. The molecule has 1 N–H and O–H groups in total. The van der Waals surface area contributed by atoms with Crippen molar-refractivity contribution in [3.05, 3.63) is 66.5 Å². The van der Waals surface area contributed by atoms with Gasteiger partial charge in [0.05, 0.1) is 7.11 Å². The summed E-state index contributed by atoms with van der Waals surface area (Å²) in [6, 6.07) is 10.6. The highest BCUT2D eigenvalue weighted by atomic mass is 19.1. The van der Waals surface area contributed by atoms with Crippen LogP contribution in [0, 0.1) is 11.6 Å². The largest absolute Gasteiger partial charge is 0.494 e. The van der Waals surface area contributed by atoms with Crippen LogP contribution in [0.4, 0.5) is 14.6 Å². The Labute approximate surface area is 179 Å². The number of halogens is 2. The summed E-state index contributed by atoms with van der Waals surface area (Å²) < 4.78 is 33.3. The van der Waals surface area contributed by atoms with Crippen molar-refractivity contribution in [2.24, 2.45) is 0 Å². The maximum absolute atomic E-state index is 13.8. The highest BCUT2D eigenvalue weighted by molar-refractivity contribution is 5.98. The number of nitrogens with one attached hydrogen (secondary N) is 1. The van der Waals surface area contributed by atoms with Gasteiger partial charge in [-0.15, -0.1) is 0 Å². The second-order valence-electron chi connectivity index (χ2n) is 8.25. The first-order valence-corrected chi connectivity index (χ1v) is 9.78. The second kappa shape index (κ2) is 7.91. The molecule has 0 saturated heterocycles. The minimum absolute atomic E-state index is 0.290. The van der Waals surface area contributed by atoms with Crippen LogP contribution in [-0.4, -0.2) is 27.6 Å². The Bertz CT molecular complexity index is 1230. The average Bonchev–Trinajstić information content (AvgIpc) is 2.71. The van der Waals surface area contributed by atoms with E-state index in [-0.39, 0.29) is 5.54 Å². The maximum Gasteiger partial charge on any atom is 0.163 e. The van der Waals surface area contributed by atoms with Crippen LogP contribution < -0.4 is 10.1 Å². The maximum atomic E-state index is 13.8. The zero-order valence-corrected chi connectivity index (χ0v) is 17.7. The van der Waals surface area contributed by atoms with Crippen LogP contribution >= 0.6 is 0 Å². The Morgan fingerprint density at radius 1 is 0.903 bits per heavy atom. The third kappa shape index (κ3) is 4.45. The van der Waals surface area contributed by atoms with Gasteiger partial charge in [-0.2, -0.15) is 0 Å². The van der Waals surface area contributed by atoms with Crippen molar-refractivity contribution in [1.29, 1.82) is 0 Å². The number of anilines is 1. The molecule has 0 saturated carbocycles.